The molecule has 1 atom stereocenters. The molecule has 1 aliphatic rings. The average molecular weight is 433 g/mol. The van der Waals surface area contributed by atoms with Crippen LogP contribution in [0, 0.1) is 5.92 Å². The Kier molecular flexibility index (Phi) is 6.84. The molecular weight excluding hydrogens is 404 g/mol. The van der Waals surface area contributed by atoms with E-state index >= 15 is 0 Å². The number of nitrogens with one attached hydrogen (secondary N) is 1. The molecule has 1 amide bonds. The second-order valence-electron chi connectivity index (χ2n) is 7.82. The first kappa shape index (κ1) is 21.6. The summed E-state index contributed by atoms with van der Waals surface area (Å²) in [5.41, 5.74) is 2.95. The monoisotopic (exact) mass is 432 g/mol. The fourth-order valence-corrected chi connectivity index (χ4v) is 3.98. The molecule has 0 spiro atoms. The summed E-state index contributed by atoms with van der Waals surface area (Å²) in [4.78, 5) is 24.1. The predicted molar refractivity (Wildman–Crippen MR) is 124 cm³/mol. The van der Waals surface area contributed by atoms with Crippen LogP contribution in [0.4, 0.5) is 5.95 Å². The van der Waals surface area contributed by atoms with Crippen molar-refractivity contribution < 1.29 is 14.3 Å². The quantitative estimate of drug-likeness (QED) is 0.614. The van der Waals surface area contributed by atoms with Gasteiger partial charge >= 0.3 is 0 Å². The maximum atomic E-state index is 12.9. The summed E-state index contributed by atoms with van der Waals surface area (Å²) in [6.45, 7) is 1.84. The lowest BCUT2D eigenvalue weighted by atomic mass is 9.97. The average Bonchev–Trinajstić information content (AvgIpc) is 2.87. The van der Waals surface area contributed by atoms with Crippen LogP contribution in [0.15, 0.2) is 60.9 Å². The molecule has 4 rings (SSSR count). The van der Waals surface area contributed by atoms with Gasteiger partial charge in [-0.3, -0.25) is 4.79 Å². The molecule has 0 saturated carbocycles. The number of carbonyl (C=O) groups excluding carboxylic acids is 1. The number of methoxy groups -OCH3 is 2. The number of hydrogen-bond donors (Lipinski definition) is 1. The zero-order valence-electron chi connectivity index (χ0n) is 18.5. The van der Waals surface area contributed by atoms with Gasteiger partial charge in [-0.25, -0.2) is 9.97 Å². The van der Waals surface area contributed by atoms with Crippen molar-refractivity contribution in [3.63, 3.8) is 0 Å². The number of ether oxygens (including phenoxy) is 2. The van der Waals surface area contributed by atoms with E-state index < -0.39 is 0 Å². The summed E-state index contributed by atoms with van der Waals surface area (Å²) in [6, 6.07) is 15.6. The summed E-state index contributed by atoms with van der Waals surface area (Å²) in [7, 11) is 3.24. The van der Waals surface area contributed by atoms with E-state index in [0.29, 0.717) is 19.0 Å². The van der Waals surface area contributed by atoms with Crippen molar-refractivity contribution in [3.05, 3.63) is 66.5 Å². The van der Waals surface area contributed by atoms with Crippen LogP contribution in [0.25, 0.3) is 11.1 Å². The minimum Gasteiger partial charge on any atom is -0.497 e. The van der Waals surface area contributed by atoms with E-state index in [-0.39, 0.29) is 11.8 Å². The Morgan fingerprint density at radius 2 is 1.84 bits per heavy atom. The molecule has 0 unspecified atom stereocenters. The summed E-state index contributed by atoms with van der Waals surface area (Å²) in [6.07, 6.45) is 5.46. The van der Waals surface area contributed by atoms with Gasteiger partial charge in [0.15, 0.2) is 0 Å². The number of carbonyl (C=O) groups is 1. The van der Waals surface area contributed by atoms with E-state index in [1.165, 1.54) is 0 Å². The summed E-state index contributed by atoms with van der Waals surface area (Å²) in [5, 5.41) is 3.06. The summed E-state index contributed by atoms with van der Waals surface area (Å²) >= 11 is 0. The third-order valence-electron chi connectivity index (χ3n) is 5.76. The number of amides is 1. The van der Waals surface area contributed by atoms with Crippen molar-refractivity contribution in [2.24, 2.45) is 5.92 Å². The summed E-state index contributed by atoms with van der Waals surface area (Å²) < 4.78 is 10.7. The van der Waals surface area contributed by atoms with E-state index in [0.717, 1.165) is 47.6 Å². The first-order valence-corrected chi connectivity index (χ1v) is 10.8. The van der Waals surface area contributed by atoms with E-state index in [2.05, 4.69) is 20.2 Å². The van der Waals surface area contributed by atoms with Crippen molar-refractivity contribution in [2.45, 2.75) is 19.4 Å². The fraction of sp³-hybridized carbons (Fsp3) is 0.320. The Morgan fingerprint density at radius 3 is 2.56 bits per heavy atom. The molecule has 1 saturated heterocycles. The molecule has 7 nitrogen and oxygen atoms in total. The largest absolute Gasteiger partial charge is 0.497 e. The Hall–Kier alpha value is -3.61. The molecule has 32 heavy (non-hydrogen) atoms. The van der Waals surface area contributed by atoms with Crippen molar-refractivity contribution in [2.75, 3.05) is 32.2 Å². The van der Waals surface area contributed by atoms with Crippen LogP contribution in [-0.2, 0) is 11.3 Å². The van der Waals surface area contributed by atoms with Crippen LogP contribution < -0.4 is 19.7 Å². The highest BCUT2D eigenvalue weighted by Crippen LogP contribution is 2.25. The number of nitrogens with zero attached hydrogens (tertiary/aromatic N) is 3. The van der Waals surface area contributed by atoms with Crippen LogP contribution in [0.3, 0.4) is 0 Å². The van der Waals surface area contributed by atoms with Crippen molar-refractivity contribution in [1.82, 2.24) is 15.3 Å². The molecule has 1 aromatic heterocycles. The highest BCUT2D eigenvalue weighted by Gasteiger charge is 2.27. The Labute approximate surface area is 188 Å². The lowest BCUT2D eigenvalue weighted by Crippen LogP contribution is -2.43. The minimum absolute atomic E-state index is 0.0282. The predicted octanol–water partition coefficient (Wildman–Crippen LogP) is 3.69. The fourth-order valence-electron chi connectivity index (χ4n) is 3.98. The van der Waals surface area contributed by atoms with Crippen molar-refractivity contribution in [1.29, 1.82) is 0 Å². The first-order valence-electron chi connectivity index (χ1n) is 10.8. The molecule has 0 radical (unpaired) electrons. The van der Waals surface area contributed by atoms with E-state index in [1.807, 2.05) is 60.9 Å². The standard InChI is InChI=1S/C25H28N4O3/c1-31-22-10-11-23(32-2)20(13-22)14-26-24(30)19-9-6-12-29(17-19)25-27-15-21(16-28-25)18-7-4-3-5-8-18/h3-5,7-8,10-11,13,15-16,19H,6,9,12,14,17H2,1-2H3,(H,26,30)/t19-/m0/s1. The molecule has 2 heterocycles. The van der Waals surface area contributed by atoms with Gasteiger partial charge in [-0.2, -0.15) is 0 Å². The highest BCUT2D eigenvalue weighted by atomic mass is 16.5. The minimum atomic E-state index is -0.113. The molecule has 0 aliphatic carbocycles. The first-order chi connectivity index (χ1) is 15.7. The van der Waals surface area contributed by atoms with Gasteiger partial charge in [0, 0.05) is 43.2 Å². The van der Waals surface area contributed by atoms with E-state index in [1.54, 1.807) is 14.2 Å². The molecule has 3 aromatic rings. The molecule has 1 aliphatic heterocycles. The van der Waals surface area contributed by atoms with E-state index in [4.69, 9.17) is 9.47 Å². The Balaban J connectivity index is 1.38. The van der Waals surface area contributed by atoms with Gasteiger partial charge in [-0.05, 0) is 36.6 Å². The maximum Gasteiger partial charge on any atom is 0.225 e. The van der Waals surface area contributed by atoms with E-state index in [9.17, 15) is 4.79 Å². The third-order valence-corrected chi connectivity index (χ3v) is 5.76. The lowest BCUT2D eigenvalue weighted by molar-refractivity contribution is -0.125. The second kappa shape index (κ2) is 10.1. The number of benzene rings is 2. The smallest absolute Gasteiger partial charge is 0.225 e. The number of hydrogen-bond acceptors (Lipinski definition) is 6. The molecule has 1 N–H and O–H groups in total. The van der Waals surface area contributed by atoms with Gasteiger partial charge in [-0.15, -0.1) is 0 Å². The number of rotatable bonds is 7. The lowest BCUT2D eigenvalue weighted by Gasteiger charge is -2.32. The second-order valence-corrected chi connectivity index (χ2v) is 7.82. The number of aromatic nitrogens is 2. The van der Waals surface area contributed by atoms with Crippen molar-refractivity contribution in [3.8, 4) is 22.6 Å². The zero-order chi connectivity index (χ0) is 22.3. The normalized spacial score (nSPS) is 15.8. The van der Waals surface area contributed by atoms with Gasteiger partial charge in [0.05, 0.1) is 20.1 Å². The molecular formula is C25H28N4O3. The van der Waals surface area contributed by atoms with Gasteiger partial charge in [-0.1, -0.05) is 30.3 Å². The highest BCUT2D eigenvalue weighted by molar-refractivity contribution is 5.79. The SMILES string of the molecule is COc1ccc(OC)c(CNC(=O)[C@H]2CCCN(c3ncc(-c4ccccc4)cn3)C2)c1. The number of piperidine rings is 1. The molecule has 2 aromatic carbocycles. The van der Waals surface area contributed by atoms with Gasteiger partial charge in [0.2, 0.25) is 11.9 Å². The third kappa shape index (κ3) is 4.99. The van der Waals surface area contributed by atoms with Crippen LogP contribution in [0.5, 0.6) is 11.5 Å². The Bertz CT molecular complexity index is 1040. The van der Waals surface area contributed by atoms with Crippen molar-refractivity contribution >= 4 is 11.9 Å². The molecule has 1 fully saturated rings. The van der Waals surface area contributed by atoms with Crippen LogP contribution >= 0.6 is 0 Å². The van der Waals surface area contributed by atoms with Crippen LogP contribution in [0.2, 0.25) is 0 Å². The maximum absolute atomic E-state index is 12.9. The molecule has 166 valence electrons. The van der Waals surface area contributed by atoms with Gasteiger partial charge < -0.3 is 19.7 Å². The summed E-state index contributed by atoms with van der Waals surface area (Å²) in [5.74, 6) is 2.04. The van der Waals surface area contributed by atoms with Gasteiger partial charge in [0.1, 0.15) is 11.5 Å². The molecule has 0 bridgehead atoms. The molecule has 7 heteroatoms. The topological polar surface area (TPSA) is 76.6 Å². The number of anilines is 1. The van der Waals surface area contributed by atoms with Gasteiger partial charge in [0.25, 0.3) is 0 Å². The van der Waals surface area contributed by atoms with Crippen LogP contribution in [0.1, 0.15) is 18.4 Å². The van der Waals surface area contributed by atoms with Crippen LogP contribution in [-0.4, -0.2) is 43.2 Å². The zero-order valence-corrected chi connectivity index (χ0v) is 18.5. The Morgan fingerprint density at radius 1 is 1.06 bits per heavy atom.